The average molecular weight is 431 g/mol. The van der Waals surface area contributed by atoms with Gasteiger partial charge in [-0.3, -0.25) is 10.1 Å². The van der Waals surface area contributed by atoms with Crippen LogP contribution in [0.15, 0.2) is 53.1 Å². The van der Waals surface area contributed by atoms with Crippen LogP contribution in [0, 0.1) is 10.1 Å². The lowest BCUT2D eigenvalue weighted by Crippen LogP contribution is -2.19. The number of nitrogens with zero attached hydrogens (tertiary/aromatic N) is 2. The van der Waals surface area contributed by atoms with E-state index in [2.05, 4.69) is 31.5 Å². The fourth-order valence-corrected chi connectivity index (χ4v) is 2.97. The third-order valence-corrected chi connectivity index (χ3v) is 4.44. The molecular formula is C18H15BrN4O4. The molecule has 3 rings (SSSR count). The molecule has 0 aliphatic carbocycles. The Bertz CT molecular complexity index is 1010. The van der Waals surface area contributed by atoms with Gasteiger partial charge in [-0.05, 0) is 29.3 Å². The highest BCUT2D eigenvalue weighted by Gasteiger charge is 2.18. The van der Waals surface area contributed by atoms with Crippen LogP contribution in [-0.2, 0) is 13.1 Å². The van der Waals surface area contributed by atoms with Crippen molar-refractivity contribution in [1.82, 2.24) is 10.3 Å². The van der Waals surface area contributed by atoms with E-state index in [1.54, 1.807) is 12.1 Å². The predicted octanol–water partition coefficient (Wildman–Crippen LogP) is 4.29. The number of amides is 1. The SMILES string of the molecule is O=C(O)NCc1ccc(CNc2c([N+](=O)[O-])cnc3cc(Br)ccc23)cc1. The van der Waals surface area contributed by atoms with Gasteiger partial charge in [-0.1, -0.05) is 40.2 Å². The molecule has 3 aromatic rings. The van der Waals surface area contributed by atoms with E-state index in [4.69, 9.17) is 5.11 Å². The van der Waals surface area contributed by atoms with Gasteiger partial charge < -0.3 is 15.7 Å². The van der Waals surface area contributed by atoms with Crippen molar-refractivity contribution in [3.8, 4) is 0 Å². The molecule has 0 unspecified atom stereocenters. The Morgan fingerprint density at radius 1 is 1.15 bits per heavy atom. The zero-order valence-electron chi connectivity index (χ0n) is 14.0. The summed E-state index contributed by atoms with van der Waals surface area (Å²) in [7, 11) is 0. The van der Waals surface area contributed by atoms with E-state index in [1.807, 2.05) is 30.3 Å². The minimum absolute atomic E-state index is 0.0906. The first kappa shape index (κ1) is 18.6. The number of benzene rings is 2. The van der Waals surface area contributed by atoms with Gasteiger partial charge in [-0.15, -0.1) is 0 Å². The number of carbonyl (C=O) groups is 1. The fraction of sp³-hybridized carbons (Fsp3) is 0.111. The van der Waals surface area contributed by atoms with Crippen molar-refractivity contribution in [1.29, 1.82) is 0 Å². The third kappa shape index (κ3) is 4.50. The van der Waals surface area contributed by atoms with E-state index in [0.29, 0.717) is 23.1 Å². The molecule has 9 heteroatoms. The Hall–Kier alpha value is -3.20. The number of rotatable bonds is 6. The molecule has 0 aliphatic rings. The van der Waals surface area contributed by atoms with Crippen LogP contribution < -0.4 is 10.6 Å². The van der Waals surface area contributed by atoms with Crippen LogP contribution in [0.4, 0.5) is 16.2 Å². The van der Waals surface area contributed by atoms with Crippen molar-refractivity contribution in [3.05, 3.63) is 74.4 Å². The lowest BCUT2D eigenvalue weighted by molar-refractivity contribution is -0.384. The highest BCUT2D eigenvalue weighted by Crippen LogP contribution is 2.33. The lowest BCUT2D eigenvalue weighted by Gasteiger charge is -2.11. The molecule has 0 atom stereocenters. The summed E-state index contributed by atoms with van der Waals surface area (Å²) in [5.41, 5.74) is 2.70. The Morgan fingerprint density at radius 3 is 2.44 bits per heavy atom. The molecule has 0 aliphatic heterocycles. The van der Waals surface area contributed by atoms with Crippen molar-refractivity contribution in [2.24, 2.45) is 0 Å². The normalized spacial score (nSPS) is 10.6. The summed E-state index contributed by atoms with van der Waals surface area (Å²) in [6.45, 7) is 0.598. The topological polar surface area (TPSA) is 117 Å². The average Bonchev–Trinajstić information content (AvgIpc) is 2.64. The number of nitro groups is 1. The summed E-state index contributed by atoms with van der Waals surface area (Å²) >= 11 is 3.37. The quantitative estimate of drug-likeness (QED) is 0.396. The molecule has 0 saturated carbocycles. The zero-order valence-corrected chi connectivity index (χ0v) is 15.6. The maximum atomic E-state index is 11.4. The van der Waals surface area contributed by atoms with Crippen molar-refractivity contribution < 1.29 is 14.8 Å². The highest BCUT2D eigenvalue weighted by molar-refractivity contribution is 9.10. The van der Waals surface area contributed by atoms with Crippen molar-refractivity contribution >= 4 is 44.3 Å². The van der Waals surface area contributed by atoms with Crippen molar-refractivity contribution in [2.75, 3.05) is 5.32 Å². The van der Waals surface area contributed by atoms with E-state index in [9.17, 15) is 14.9 Å². The second-order valence-electron chi connectivity index (χ2n) is 5.77. The van der Waals surface area contributed by atoms with E-state index in [1.165, 1.54) is 6.20 Å². The minimum atomic E-state index is -1.08. The number of aromatic nitrogens is 1. The van der Waals surface area contributed by atoms with Gasteiger partial charge in [0, 0.05) is 22.9 Å². The number of halogens is 1. The van der Waals surface area contributed by atoms with Crippen LogP contribution in [0.25, 0.3) is 10.9 Å². The van der Waals surface area contributed by atoms with E-state index in [0.717, 1.165) is 15.6 Å². The van der Waals surface area contributed by atoms with E-state index >= 15 is 0 Å². The molecule has 2 aromatic carbocycles. The Balaban J connectivity index is 1.82. The first-order chi connectivity index (χ1) is 12.9. The summed E-state index contributed by atoms with van der Waals surface area (Å²) in [5, 5.41) is 26.1. The summed E-state index contributed by atoms with van der Waals surface area (Å²) in [6, 6.07) is 12.7. The number of nitrogens with one attached hydrogen (secondary N) is 2. The summed E-state index contributed by atoms with van der Waals surface area (Å²) in [5.74, 6) is 0. The number of pyridine rings is 1. The number of fused-ring (bicyclic) bond motifs is 1. The van der Waals surface area contributed by atoms with Gasteiger partial charge in [0.15, 0.2) is 0 Å². The van der Waals surface area contributed by atoms with Gasteiger partial charge in [-0.2, -0.15) is 0 Å². The highest BCUT2D eigenvalue weighted by atomic mass is 79.9. The monoisotopic (exact) mass is 430 g/mol. The second kappa shape index (κ2) is 8.00. The predicted molar refractivity (Wildman–Crippen MR) is 105 cm³/mol. The van der Waals surface area contributed by atoms with Crippen LogP contribution in [0.5, 0.6) is 0 Å². The zero-order chi connectivity index (χ0) is 19.4. The number of hydrogen-bond acceptors (Lipinski definition) is 5. The van der Waals surface area contributed by atoms with Crippen LogP contribution in [-0.4, -0.2) is 21.1 Å². The Kier molecular flexibility index (Phi) is 5.51. The maximum absolute atomic E-state index is 11.4. The molecule has 1 aromatic heterocycles. The van der Waals surface area contributed by atoms with Crippen molar-refractivity contribution in [3.63, 3.8) is 0 Å². The molecule has 27 heavy (non-hydrogen) atoms. The van der Waals surface area contributed by atoms with Crippen LogP contribution >= 0.6 is 15.9 Å². The largest absolute Gasteiger partial charge is 0.465 e. The maximum Gasteiger partial charge on any atom is 0.404 e. The van der Waals surface area contributed by atoms with Crippen LogP contribution in [0.1, 0.15) is 11.1 Å². The van der Waals surface area contributed by atoms with Gasteiger partial charge in [0.2, 0.25) is 0 Å². The van der Waals surface area contributed by atoms with Gasteiger partial charge in [0.25, 0.3) is 0 Å². The number of carboxylic acid groups (broad SMARTS) is 1. The summed E-state index contributed by atoms with van der Waals surface area (Å²) in [4.78, 5) is 25.6. The Morgan fingerprint density at radius 2 is 1.81 bits per heavy atom. The molecule has 0 spiro atoms. The van der Waals surface area contributed by atoms with Gasteiger partial charge in [-0.25, -0.2) is 9.78 Å². The molecule has 0 saturated heterocycles. The number of hydrogen-bond donors (Lipinski definition) is 3. The third-order valence-electron chi connectivity index (χ3n) is 3.94. The second-order valence-corrected chi connectivity index (χ2v) is 6.68. The van der Waals surface area contributed by atoms with Crippen molar-refractivity contribution in [2.45, 2.75) is 13.1 Å². The summed E-state index contributed by atoms with van der Waals surface area (Å²) in [6.07, 6.45) is 0.168. The molecule has 0 radical (unpaired) electrons. The molecule has 1 heterocycles. The van der Waals surface area contributed by atoms with E-state index < -0.39 is 11.0 Å². The van der Waals surface area contributed by atoms with E-state index in [-0.39, 0.29) is 12.2 Å². The van der Waals surface area contributed by atoms with Gasteiger partial charge in [0.1, 0.15) is 11.9 Å². The van der Waals surface area contributed by atoms with Crippen LogP contribution in [0.2, 0.25) is 0 Å². The molecular weight excluding hydrogens is 416 g/mol. The smallest absolute Gasteiger partial charge is 0.404 e. The standard InChI is InChI=1S/C18H15BrN4O4/c19-13-5-6-14-15(7-13)20-10-16(23(26)27)17(14)21-8-11-1-3-12(4-2-11)9-22-18(24)25/h1-7,10,22H,8-9H2,(H,20,21)(H,24,25). The fourth-order valence-electron chi connectivity index (χ4n) is 2.62. The van der Waals surface area contributed by atoms with Gasteiger partial charge in [0.05, 0.1) is 10.4 Å². The minimum Gasteiger partial charge on any atom is -0.465 e. The van der Waals surface area contributed by atoms with Gasteiger partial charge >= 0.3 is 11.8 Å². The summed E-state index contributed by atoms with van der Waals surface area (Å²) < 4.78 is 0.841. The lowest BCUT2D eigenvalue weighted by atomic mass is 10.1. The molecule has 0 bridgehead atoms. The molecule has 138 valence electrons. The Labute approximate surface area is 162 Å². The first-order valence-corrected chi connectivity index (χ1v) is 8.74. The molecule has 8 nitrogen and oxygen atoms in total. The number of anilines is 1. The first-order valence-electron chi connectivity index (χ1n) is 7.95. The molecule has 0 fully saturated rings. The van der Waals surface area contributed by atoms with Crippen LogP contribution in [0.3, 0.4) is 0 Å². The molecule has 1 amide bonds. The molecule has 3 N–H and O–H groups in total.